The Morgan fingerprint density at radius 2 is 1.76 bits per heavy atom. The van der Waals surface area contributed by atoms with Crippen molar-refractivity contribution in [2.24, 2.45) is 5.92 Å². The molecule has 2 aromatic rings. The van der Waals surface area contributed by atoms with Crippen molar-refractivity contribution in [2.45, 2.75) is 33.2 Å². The van der Waals surface area contributed by atoms with Gasteiger partial charge >= 0.3 is 5.97 Å². The molecule has 5 heteroatoms. The van der Waals surface area contributed by atoms with Crippen molar-refractivity contribution >= 4 is 18.0 Å². The van der Waals surface area contributed by atoms with Gasteiger partial charge in [-0.3, -0.25) is 4.79 Å². The number of amides is 1. The van der Waals surface area contributed by atoms with E-state index in [1.165, 1.54) is 11.6 Å². The van der Waals surface area contributed by atoms with Crippen LogP contribution < -0.4 is 5.32 Å². The maximum absolute atomic E-state index is 12.3. The zero-order valence-electron chi connectivity index (χ0n) is 17.0. The minimum absolute atomic E-state index is 0.152. The lowest BCUT2D eigenvalue weighted by Crippen LogP contribution is -2.34. The van der Waals surface area contributed by atoms with Crippen LogP contribution in [0.25, 0.3) is 6.08 Å². The summed E-state index contributed by atoms with van der Waals surface area (Å²) < 4.78 is 5.03. The SMILES string of the molecule is CCc1ccc([C@H](NC(=O)COC(=O)/C=C/c2ccc(C#N)cc2)C(C)C)cc1. The molecule has 1 N–H and O–H groups in total. The van der Waals surface area contributed by atoms with E-state index in [1.807, 2.05) is 32.0 Å². The monoisotopic (exact) mass is 390 g/mol. The fraction of sp³-hybridized carbons (Fsp3) is 0.292. The van der Waals surface area contributed by atoms with Crippen LogP contribution in [0.15, 0.2) is 54.6 Å². The van der Waals surface area contributed by atoms with Crippen LogP contribution in [0.1, 0.15) is 49.1 Å². The molecule has 0 aliphatic heterocycles. The second kappa shape index (κ2) is 10.8. The van der Waals surface area contributed by atoms with E-state index in [0.717, 1.165) is 17.5 Å². The van der Waals surface area contributed by atoms with Crippen molar-refractivity contribution < 1.29 is 14.3 Å². The molecule has 0 aliphatic carbocycles. The maximum Gasteiger partial charge on any atom is 0.331 e. The number of carbonyl (C=O) groups is 2. The maximum atomic E-state index is 12.3. The Hall–Kier alpha value is -3.39. The third kappa shape index (κ3) is 6.93. The van der Waals surface area contributed by atoms with Gasteiger partial charge < -0.3 is 10.1 Å². The van der Waals surface area contributed by atoms with E-state index in [2.05, 4.69) is 24.4 Å². The van der Waals surface area contributed by atoms with Crippen LogP contribution in [0.3, 0.4) is 0 Å². The summed E-state index contributed by atoms with van der Waals surface area (Å²) >= 11 is 0. The van der Waals surface area contributed by atoms with Gasteiger partial charge in [0.25, 0.3) is 5.91 Å². The fourth-order valence-electron chi connectivity index (χ4n) is 2.83. The molecule has 0 saturated carbocycles. The van der Waals surface area contributed by atoms with Crippen LogP contribution in [0.5, 0.6) is 0 Å². The summed E-state index contributed by atoms with van der Waals surface area (Å²) in [5, 5.41) is 11.7. The second-order valence-corrected chi connectivity index (χ2v) is 7.06. The van der Waals surface area contributed by atoms with E-state index >= 15 is 0 Å². The van der Waals surface area contributed by atoms with Gasteiger partial charge in [-0.25, -0.2) is 4.79 Å². The first-order chi connectivity index (χ1) is 13.9. The first kappa shape index (κ1) is 21.9. The van der Waals surface area contributed by atoms with Gasteiger partial charge in [0.1, 0.15) is 0 Å². The summed E-state index contributed by atoms with van der Waals surface area (Å²) in [7, 11) is 0. The number of ether oxygens (including phenoxy) is 1. The van der Waals surface area contributed by atoms with Gasteiger partial charge in [0.2, 0.25) is 0 Å². The quantitative estimate of drug-likeness (QED) is 0.541. The molecule has 29 heavy (non-hydrogen) atoms. The number of carbonyl (C=O) groups excluding carboxylic acids is 2. The molecule has 0 radical (unpaired) electrons. The van der Waals surface area contributed by atoms with Gasteiger partial charge in [-0.2, -0.15) is 5.26 Å². The second-order valence-electron chi connectivity index (χ2n) is 7.06. The van der Waals surface area contributed by atoms with Crippen molar-refractivity contribution in [3.05, 3.63) is 76.9 Å². The molecule has 0 saturated heterocycles. The molecule has 0 fully saturated rings. The summed E-state index contributed by atoms with van der Waals surface area (Å²) in [5.74, 6) is -0.750. The zero-order valence-corrected chi connectivity index (χ0v) is 17.0. The predicted octanol–water partition coefficient (Wildman–Crippen LogP) is 4.19. The number of nitrogens with zero attached hydrogens (tertiary/aromatic N) is 1. The first-order valence-corrected chi connectivity index (χ1v) is 9.66. The van der Waals surface area contributed by atoms with E-state index in [-0.39, 0.29) is 24.5 Å². The fourth-order valence-corrected chi connectivity index (χ4v) is 2.83. The molecular formula is C24H26N2O3. The molecule has 0 spiro atoms. The highest BCUT2D eigenvalue weighted by Crippen LogP contribution is 2.22. The molecule has 1 atom stereocenters. The Morgan fingerprint density at radius 3 is 2.31 bits per heavy atom. The topological polar surface area (TPSA) is 79.2 Å². The van der Waals surface area contributed by atoms with Gasteiger partial charge in [-0.05, 0) is 47.2 Å². The highest BCUT2D eigenvalue weighted by atomic mass is 16.5. The zero-order chi connectivity index (χ0) is 21.2. The van der Waals surface area contributed by atoms with Crippen LogP contribution in [0.4, 0.5) is 0 Å². The summed E-state index contributed by atoms with van der Waals surface area (Å²) in [6.07, 6.45) is 3.80. The van der Waals surface area contributed by atoms with Crippen molar-refractivity contribution in [1.82, 2.24) is 5.32 Å². The summed E-state index contributed by atoms with van der Waals surface area (Å²) in [5.41, 5.74) is 3.58. The third-order valence-electron chi connectivity index (χ3n) is 4.53. The van der Waals surface area contributed by atoms with Gasteiger partial charge in [0.15, 0.2) is 6.61 Å². The lowest BCUT2D eigenvalue weighted by molar-refractivity contribution is -0.144. The van der Waals surface area contributed by atoms with Crippen LogP contribution in [0, 0.1) is 17.2 Å². The van der Waals surface area contributed by atoms with Crippen LogP contribution in [-0.2, 0) is 20.7 Å². The number of rotatable bonds is 8. The number of aryl methyl sites for hydroxylation is 1. The Morgan fingerprint density at radius 1 is 1.10 bits per heavy atom. The normalized spacial score (nSPS) is 11.8. The Balaban J connectivity index is 1.88. The van der Waals surface area contributed by atoms with E-state index in [4.69, 9.17) is 10.00 Å². The Bertz CT molecular complexity index is 891. The van der Waals surface area contributed by atoms with Crippen molar-refractivity contribution in [2.75, 3.05) is 6.61 Å². The smallest absolute Gasteiger partial charge is 0.331 e. The van der Waals surface area contributed by atoms with Crippen LogP contribution in [-0.4, -0.2) is 18.5 Å². The highest BCUT2D eigenvalue weighted by molar-refractivity contribution is 5.89. The molecule has 2 aromatic carbocycles. The molecule has 0 unspecified atom stereocenters. The molecule has 0 aliphatic rings. The average Bonchev–Trinajstić information content (AvgIpc) is 2.74. The number of hydrogen-bond donors (Lipinski definition) is 1. The van der Waals surface area contributed by atoms with Gasteiger partial charge in [-0.1, -0.05) is 57.2 Å². The highest BCUT2D eigenvalue weighted by Gasteiger charge is 2.18. The number of nitrogens with one attached hydrogen (secondary N) is 1. The summed E-state index contributed by atoms with van der Waals surface area (Å²) in [6.45, 7) is 5.82. The van der Waals surface area contributed by atoms with Gasteiger partial charge in [0.05, 0.1) is 17.7 Å². The molecular weight excluding hydrogens is 364 g/mol. The minimum Gasteiger partial charge on any atom is -0.452 e. The lowest BCUT2D eigenvalue weighted by atomic mass is 9.95. The van der Waals surface area contributed by atoms with Crippen molar-refractivity contribution in [3.8, 4) is 6.07 Å². The molecule has 1 amide bonds. The predicted molar refractivity (Wildman–Crippen MR) is 113 cm³/mol. The van der Waals surface area contributed by atoms with Gasteiger partial charge in [-0.15, -0.1) is 0 Å². The first-order valence-electron chi connectivity index (χ1n) is 9.66. The van der Waals surface area contributed by atoms with E-state index in [0.29, 0.717) is 5.56 Å². The number of hydrogen-bond acceptors (Lipinski definition) is 4. The average molecular weight is 390 g/mol. The third-order valence-corrected chi connectivity index (χ3v) is 4.53. The summed E-state index contributed by atoms with van der Waals surface area (Å²) in [6, 6.07) is 16.8. The summed E-state index contributed by atoms with van der Waals surface area (Å²) in [4.78, 5) is 24.1. The standard InChI is InChI=1S/C24H26N2O3/c1-4-18-9-12-21(13-10-18)24(17(2)3)26-22(27)16-29-23(28)14-11-19-5-7-20(15-25)8-6-19/h5-14,17,24H,4,16H2,1-3H3,(H,26,27)/b14-11+/t24-/m1/s1. The van der Waals surface area contributed by atoms with E-state index < -0.39 is 5.97 Å². The van der Waals surface area contributed by atoms with Crippen molar-refractivity contribution in [1.29, 1.82) is 5.26 Å². The Labute approximate surface area is 172 Å². The largest absolute Gasteiger partial charge is 0.452 e. The lowest BCUT2D eigenvalue weighted by Gasteiger charge is -2.23. The van der Waals surface area contributed by atoms with E-state index in [9.17, 15) is 9.59 Å². The molecule has 5 nitrogen and oxygen atoms in total. The molecule has 150 valence electrons. The van der Waals surface area contributed by atoms with Crippen LogP contribution >= 0.6 is 0 Å². The molecule has 0 heterocycles. The van der Waals surface area contributed by atoms with Crippen molar-refractivity contribution in [3.63, 3.8) is 0 Å². The van der Waals surface area contributed by atoms with Crippen LogP contribution in [0.2, 0.25) is 0 Å². The molecule has 2 rings (SSSR count). The Kier molecular flexibility index (Phi) is 8.17. The number of benzene rings is 2. The molecule has 0 aromatic heterocycles. The minimum atomic E-state index is -0.599. The van der Waals surface area contributed by atoms with E-state index in [1.54, 1.807) is 30.3 Å². The number of esters is 1. The number of nitriles is 1. The molecule has 0 bridgehead atoms. The van der Waals surface area contributed by atoms with Gasteiger partial charge in [0, 0.05) is 6.08 Å².